The van der Waals surface area contributed by atoms with Gasteiger partial charge in [-0.2, -0.15) is 0 Å². The third-order valence-corrected chi connectivity index (χ3v) is 2.85. The summed E-state index contributed by atoms with van der Waals surface area (Å²) in [5.41, 5.74) is 1.01. The molecule has 2 aromatic rings. The highest BCUT2D eigenvalue weighted by molar-refractivity contribution is 6.03. The Kier molecular flexibility index (Phi) is 3.37. The van der Waals surface area contributed by atoms with Gasteiger partial charge in [-0.15, -0.1) is 4.68 Å². The summed E-state index contributed by atoms with van der Waals surface area (Å²) in [6.45, 7) is 1.87. The number of aromatic nitrogens is 3. The second-order valence-electron chi connectivity index (χ2n) is 4.16. The molecule has 18 heavy (non-hydrogen) atoms. The summed E-state index contributed by atoms with van der Waals surface area (Å²) in [5, 5.41) is 4.21. The highest BCUT2D eigenvalue weighted by Crippen LogP contribution is 2.03. The fraction of sp³-hybridized carbons (Fsp3) is 0.214. The van der Waals surface area contributed by atoms with Crippen LogP contribution in [-0.4, -0.2) is 15.6 Å². The van der Waals surface area contributed by atoms with Crippen LogP contribution in [0.25, 0.3) is 6.08 Å². The smallest absolute Gasteiger partial charge is 0.282 e. The van der Waals surface area contributed by atoms with E-state index in [-0.39, 0.29) is 5.78 Å². The van der Waals surface area contributed by atoms with Gasteiger partial charge in [0.25, 0.3) is 11.6 Å². The fourth-order valence-electron chi connectivity index (χ4n) is 1.84. The Balaban J connectivity index is 2.25. The van der Waals surface area contributed by atoms with Crippen LogP contribution in [0.3, 0.4) is 0 Å². The maximum absolute atomic E-state index is 12.1. The molecule has 4 nitrogen and oxygen atoms in total. The Morgan fingerprint density at radius 2 is 2.00 bits per heavy atom. The molecule has 1 aromatic carbocycles. The van der Waals surface area contributed by atoms with Crippen LogP contribution in [0.4, 0.5) is 0 Å². The molecule has 0 radical (unpaired) electrons. The van der Waals surface area contributed by atoms with Crippen molar-refractivity contribution in [3.8, 4) is 0 Å². The van der Waals surface area contributed by atoms with E-state index < -0.39 is 0 Å². The van der Waals surface area contributed by atoms with Gasteiger partial charge in [0.1, 0.15) is 0 Å². The minimum atomic E-state index is -0.0514. The van der Waals surface area contributed by atoms with Gasteiger partial charge in [0.2, 0.25) is 0 Å². The van der Waals surface area contributed by atoms with Crippen molar-refractivity contribution in [3.63, 3.8) is 0 Å². The lowest BCUT2D eigenvalue weighted by Crippen LogP contribution is -2.37. The summed E-state index contributed by atoms with van der Waals surface area (Å²) in [5.74, 6) is 1.33. The van der Waals surface area contributed by atoms with Gasteiger partial charge in [-0.05, 0) is 11.6 Å². The molecule has 1 heterocycles. The molecule has 0 atom stereocenters. The van der Waals surface area contributed by atoms with Gasteiger partial charge in [0, 0.05) is 12.0 Å². The second kappa shape index (κ2) is 4.96. The molecule has 0 spiro atoms. The molecule has 0 aliphatic heterocycles. The van der Waals surface area contributed by atoms with Crippen molar-refractivity contribution in [3.05, 3.63) is 53.6 Å². The highest BCUT2D eigenvalue weighted by atomic mass is 16.1. The number of allylic oxidation sites excluding steroid dienone is 1. The van der Waals surface area contributed by atoms with E-state index in [2.05, 4.69) is 5.10 Å². The Bertz CT molecular complexity index is 597. The van der Waals surface area contributed by atoms with Crippen LogP contribution in [0.15, 0.2) is 36.4 Å². The van der Waals surface area contributed by atoms with Crippen LogP contribution in [-0.2, 0) is 14.1 Å². The van der Waals surface area contributed by atoms with Crippen molar-refractivity contribution in [2.75, 3.05) is 0 Å². The van der Waals surface area contributed by atoms with E-state index in [4.69, 9.17) is 0 Å². The lowest BCUT2D eigenvalue weighted by atomic mass is 10.2. The van der Waals surface area contributed by atoms with Gasteiger partial charge in [-0.1, -0.05) is 36.4 Å². The quantitative estimate of drug-likeness (QED) is 0.464. The zero-order chi connectivity index (χ0) is 13.1. The third-order valence-electron chi connectivity index (χ3n) is 2.85. The van der Waals surface area contributed by atoms with Crippen molar-refractivity contribution in [1.82, 2.24) is 9.78 Å². The van der Waals surface area contributed by atoms with Crippen LogP contribution in [0.1, 0.15) is 22.0 Å². The highest BCUT2D eigenvalue weighted by Gasteiger charge is 2.22. The summed E-state index contributed by atoms with van der Waals surface area (Å²) in [4.78, 5) is 12.1. The van der Waals surface area contributed by atoms with Gasteiger partial charge in [-0.25, -0.2) is 4.57 Å². The molecular formula is C14H16N3O+. The number of nitrogens with zero attached hydrogens (tertiary/aromatic N) is 3. The van der Waals surface area contributed by atoms with E-state index in [9.17, 15) is 4.79 Å². The number of ketones is 1. The van der Waals surface area contributed by atoms with Crippen molar-refractivity contribution in [2.24, 2.45) is 14.1 Å². The monoisotopic (exact) mass is 242 g/mol. The molecule has 0 fully saturated rings. The van der Waals surface area contributed by atoms with Crippen LogP contribution in [0.5, 0.6) is 0 Å². The lowest BCUT2D eigenvalue weighted by molar-refractivity contribution is -0.680. The molecule has 0 amide bonds. The minimum Gasteiger partial charge on any atom is -0.282 e. The molecular weight excluding hydrogens is 226 g/mol. The Labute approximate surface area is 106 Å². The average molecular weight is 242 g/mol. The number of benzene rings is 1. The van der Waals surface area contributed by atoms with Crippen molar-refractivity contribution in [2.45, 2.75) is 6.92 Å². The van der Waals surface area contributed by atoms with Crippen LogP contribution < -0.4 is 4.57 Å². The number of hydrogen-bond acceptors (Lipinski definition) is 2. The molecule has 92 valence electrons. The first-order chi connectivity index (χ1) is 8.59. The largest absolute Gasteiger partial charge is 0.307 e. The number of carbonyl (C=O) groups is 1. The maximum atomic E-state index is 12.1. The van der Waals surface area contributed by atoms with E-state index in [1.807, 2.05) is 50.4 Å². The zero-order valence-corrected chi connectivity index (χ0v) is 10.8. The summed E-state index contributed by atoms with van der Waals surface area (Å²) >= 11 is 0. The first-order valence-electron chi connectivity index (χ1n) is 5.76. The zero-order valence-electron chi connectivity index (χ0n) is 10.8. The van der Waals surface area contributed by atoms with Crippen molar-refractivity contribution < 1.29 is 9.36 Å². The molecule has 0 saturated heterocycles. The second-order valence-corrected chi connectivity index (χ2v) is 4.16. The predicted molar refractivity (Wildman–Crippen MR) is 68.9 cm³/mol. The van der Waals surface area contributed by atoms with Gasteiger partial charge < -0.3 is 0 Å². The van der Waals surface area contributed by atoms with Crippen molar-refractivity contribution >= 4 is 11.9 Å². The van der Waals surface area contributed by atoms with E-state index in [1.54, 1.807) is 22.4 Å². The molecule has 1 aromatic heterocycles. The molecule has 0 aliphatic carbocycles. The summed E-state index contributed by atoms with van der Waals surface area (Å²) in [6, 6.07) is 9.75. The fourth-order valence-corrected chi connectivity index (χ4v) is 1.84. The Morgan fingerprint density at radius 1 is 1.33 bits per heavy atom. The Hall–Kier alpha value is -2.23. The minimum absolute atomic E-state index is 0.0514. The number of hydrogen-bond donors (Lipinski definition) is 0. The van der Waals surface area contributed by atoms with Gasteiger partial charge in [0.05, 0.1) is 14.1 Å². The molecule has 0 bridgehead atoms. The SMILES string of the molecule is Cc1nn(C)c(C(=O)/C=C/c2ccccc2)[n+]1C. The van der Waals surface area contributed by atoms with Crippen LogP contribution >= 0.6 is 0 Å². The van der Waals surface area contributed by atoms with Crippen LogP contribution in [0.2, 0.25) is 0 Å². The third kappa shape index (κ3) is 2.37. The topological polar surface area (TPSA) is 38.8 Å². The Morgan fingerprint density at radius 3 is 2.56 bits per heavy atom. The average Bonchev–Trinajstić information content (AvgIpc) is 2.62. The first-order valence-corrected chi connectivity index (χ1v) is 5.76. The van der Waals surface area contributed by atoms with E-state index in [0.29, 0.717) is 5.82 Å². The summed E-state index contributed by atoms with van der Waals surface area (Å²) in [7, 11) is 3.61. The molecule has 2 rings (SSSR count). The molecule has 0 unspecified atom stereocenters. The lowest BCUT2D eigenvalue weighted by Gasteiger charge is -1.93. The van der Waals surface area contributed by atoms with Gasteiger partial charge in [-0.3, -0.25) is 4.79 Å². The molecule has 0 saturated carbocycles. The van der Waals surface area contributed by atoms with E-state index in [1.165, 1.54) is 0 Å². The standard InChI is InChI=1S/C14H16N3O/c1-11-15-17(3)14(16(11)2)13(18)10-9-12-7-5-4-6-8-12/h4-10H,1-3H3/q+1/b10-9+. The van der Waals surface area contributed by atoms with Gasteiger partial charge in [0.15, 0.2) is 0 Å². The summed E-state index contributed by atoms with van der Waals surface area (Å²) in [6.07, 6.45) is 3.39. The first kappa shape index (κ1) is 12.2. The van der Waals surface area contributed by atoms with Gasteiger partial charge >= 0.3 is 5.82 Å². The van der Waals surface area contributed by atoms with E-state index >= 15 is 0 Å². The molecule has 4 heteroatoms. The van der Waals surface area contributed by atoms with Crippen LogP contribution in [0, 0.1) is 6.92 Å². The van der Waals surface area contributed by atoms with E-state index in [0.717, 1.165) is 11.4 Å². The summed E-state index contributed by atoms with van der Waals surface area (Å²) < 4.78 is 3.39. The molecule has 0 N–H and O–H groups in total. The maximum Gasteiger partial charge on any atom is 0.307 e. The number of rotatable bonds is 3. The number of aryl methyl sites for hydroxylation is 2. The normalized spacial score (nSPS) is 11.1. The predicted octanol–water partition coefficient (Wildman–Crippen LogP) is 1.45. The molecule has 0 aliphatic rings. The van der Waals surface area contributed by atoms with Crippen molar-refractivity contribution in [1.29, 1.82) is 0 Å². The number of carbonyl (C=O) groups excluding carboxylic acids is 1.